The summed E-state index contributed by atoms with van der Waals surface area (Å²) in [5.41, 5.74) is -0.806. The number of aromatic nitrogens is 1. The predicted octanol–water partition coefficient (Wildman–Crippen LogP) is 3.14. The minimum absolute atomic E-state index is 0.146. The minimum atomic E-state index is -2.78. The lowest BCUT2D eigenvalue weighted by Crippen LogP contribution is -1.96. The van der Waals surface area contributed by atoms with Crippen molar-refractivity contribution in [2.75, 3.05) is 0 Å². The third kappa shape index (κ3) is 1.69. The molecule has 0 saturated heterocycles. The van der Waals surface area contributed by atoms with Gasteiger partial charge in [-0.15, -0.1) is 0 Å². The molecular formula is C7H5ClF3N. The fraction of sp³-hybridized carbons (Fsp3) is 0.286. The van der Waals surface area contributed by atoms with Crippen molar-refractivity contribution in [2.45, 2.75) is 13.1 Å². The molecule has 0 aliphatic rings. The topological polar surface area (TPSA) is 12.9 Å². The van der Waals surface area contributed by atoms with Crippen molar-refractivity contribution < 1.29 is 13.2 Å². The van der Waals surface area contributed by atoms with E-state index in [2.05, 4.69) is 4.98 Å². The molecule has 1 rings (SSSR count). The Balaban J connectivity index is 3.20. The third-order valence-corrected chi connectivity index (χ3v) is 1.69. The van der Waals surface area contributed by atoms with Crippen LogP contribution in [0.15, 0.2) is 12.3 Å². The molecule has 0 aliphatic carbocycles. The molecule has 0 bridgehead atoms. The number of alkyl halides is 3. The van der Waals surface area contributed by atoms with Gasteiger partial charge in [-0.25, -0.2) is 13.2 Å². The lowest BCUT2D eigenvalue weighted by atomic mass is 10.2. The van der Waals surface area contributed by atoms with Crippen molar-refractivity contribution in [3.05, 3.63) is 28.5 Å². The number of hydrogen-bond acceptors (Lipinski definition) is 1. The minimum Gasteiger partial charge on any atom is -0.258 e. The van der Waals surface area contributed by atoms with Gasteiger partial charge in [0.15, 0.2) is 0 Å². The first-order chi connectivity index (χ1) is 5.66. The van der Waals surface area contributed by atoms with Crippen molar-refractivity contribution in [1.82, 2.24) is 4.98 Å². The van der Waals surface area contributed by atoms with Gasteiger partial charge in [-0.2, -0.15) is 0 Å². The van der Waals surface area contributed by atoms with Crippen molar-refractivity contribution in [1.29, 1.82) is 0 Å². The van der Waals surface area contributed by atoms with Crippen molar-refractivity contribution in [2.24, 2.45) is 0 Å². The molecule has 0 fully saturated rings. The lowest BCUT2D eigenvalue weighted by molar-refractivity contribution is 0.148. The predicted molar refractivity (Wildman–Crippen MR) is 39.0 cm³/mol. The summed E-state index contributed by atoms with van der Waals surface area (Å²) in [4.78, 5) is 3.44. The van der Waals surface area contributed by atoms with Crippen LogP contribution >= 0.6 is 11.6 Å². The van der Waals surface area contributed by atoms with E-state index in [9.17, 15) is 13.2 Å². The zero-order chi connectivity index (χ0) is 9.14. The van der Waals surface area contributed by atoms with Gasteiger partial charge in [0.05, 0.1) is 16.3 Å². The molecule has 1 heterocycles. The number of rotatable bonds is 2. The zero-order valence-corrected chi connectivity index (χ0v) is 6.65. The molecule has 1 nitrogen and oxygen atoms in total. The molecule has 0 N–H and O–H groups in total. The number of hydrogen-bond donors (Lipinski definition) is 0. The lowest BCUT2D eigenvalue weighted by Gasteiger charge is -2.05. The summed E-state index contributed by atoms with van der Waals surface area (Å²) in [6.45, 7) is -1.03. The molecule has 1 aromatic rings. The first-order valence-electron chi connectivity index (χ1n) is 3.14. The van der Waals surface area contributed by atoms with Crippen LogP contribution < -0.4 is 0 Å². The highest BCUT2D eigenvalue weighted by atomic mass is 35.5. The molecule has 66 valence electrons. The Morgan fingerprint density at radius 2 is 2.17 bits per heavy atom. The molecule has 0 aliphatic heterocycles. The Bertz CT molecular complexity index is 277. The molecule has 0 radical (unpaired) electrons. The molecule has 5 heteroatoms. The van der Waals surface area contributed by atoms with E-state index in [0.29, 0.717) is 0 Å². The highest BCUT2D eigenvalue weighted by molar-refractivity contribution is 6.31. The molecule has 0 spiro atoms. The van der Waals surface area contributed by atoms with E-state index < -0.39 is 18.7 Å². The van der Waals surface area contributed by atoms with Gasteiger partial charge in [-0.3, -0.25) is 4.98 Å². The summed E-state index contributed by atoms with van der Waals surface area (Å²) >= 11 is 5.42. The second-order valence-electron chi connectivity index (χ2n) is 2.09. The first kappa shape index (κ1) is 9.32. The maximum atomic E-state index is 12.2. The second kappa shape index (κ2) is 3.76. The van der Waals surface area contributed by atoms with Crippen LogP contribution in [0.5, 0.6) is 0 Å². The van der Waals surface area contributed by atoms with E-state index in [-0.39, 0.29) is 10.7 Å². The van der Waals surface area contributed by atoms with Crippen LogP contribution in [0.25, 0.3) is 0 Å². The Morgan fingerprint density at radius 1 is 1.50 bits per heavy atom. The normalized spacial score (nSPS) is 10.8. The molecule has 0 saturated carbocycles. The van der Waals surface area contributed by atoms with E-state index in [1.54, 1.807) is 0 Å². The molecule has 0 aromatic carbocycles. The second-order valence-corrected chi connectivity index (χ2v) is 2.49. The van der Waals surface area contributed by atoms with E-state index in [4.69, 9.17) is 11.6 Å². The quantitative estimate of drug-likeness (QED) is 0.707. The maximum absolute atomic E-state index is 12.2. The van der Waals surface area contributed by atoms with E-state index in [1.807, 2.05) is 0 Å². The van der Waals surface area contributed by atoms with Crippen molar-refractivity contribution in [3.63, 3.8) is 0 Å². The summed E-state index contributed by atoms with van der Waals surface area (Å²) in [6, 6.07) is 1.21. The monoisotopic (exact) mass is 195 g/mol. The summed E-state index contributed by atoms with van der Waals surface area (Å²) in [5, 5.41) is -0.146. The van der Waals surface area contributed by atoms with Crippen LogP contribution in [-0.4, -0.2) is 4.98 Å². The average molecular weight is 196 g/mol. The number of pyridine rings is 1. The van der Waals surface area contributed by atoms with Crippen molar-refractivity contribution in [3.8, 4) is 0 Å². The van der Waals surface area contributed by atoms with Gasteiger partial charge in [0.2, 0.25) is 0 Å². The number of halogens is 4. The van der Waals surface area contributed by atoms with Gasteiger partial charge in [-0.1, -0.05) is 11.6 Å². The Morgan fingerprint density at radius 3 is 2.58 bits per heavy atom. The van der Waals surface area contributed by atoms with Gasteiger partial charge in [0.1, 0.15) is 6.67 Å². The van der Waals surface area contributed by atoms with Gasteiger partial charge in [0.25, 0.3) is 6.43 Å². The Hall–Kier alpha value is -0.770. The summed E-state index contributed by atoms with van der Waals surface area (Å²) in [7, 11) is 0. The molecule has 0 atom stereocenters. The zero-order valence-electron chi connectivity index (χ0n) is 5.90. The van der Waals surface area contributed by atoms with E-state index >= 15 is 0 Å². The highest BCUT2D eigenvalue weighted by Gasteiger charge is 2.17. The average Bonchev–Trinajstić information content (AvgIpc) is 2.03. The third-order valence-electron chi connectivity index (χ3n) is 1.36. The Kier molecular flexibility index (Phi) is 2.92. The van der Waals surface area contributed by atoms with Gasteiger partial charge in [0, 0.05) is 6.20 Å². The molecule has 0 unspecified atom stereocenters. The number of nitrogens with zero attached hydrogens (tertiary/aromatic N) is 1. The van der Waals surface area contributed by atoms with Gasteiger partial charge in [-0.05, 0) is 6.07 Å². The van der Waals surface area contributed by atoms with Crippen LogP contribution in [0.4, 0.5) is 13.2 Å². The van der Waals surface area contributed by atoms with Gasteiger partial charge >= 0.3 is 0 Å². The fourth-order valence-electron chi connectivity index (χ4n) is 0.827. The van der Waals surface area contributed by atoms with Crippen LogP contribution in [0, 0.1) is 0 Å². The van der Waals surface area contributed by atoms with Crippen LogP contribution in [0.2, 0.25) is 5.02 Å². The van der Waals surface area contributed by atoms with E-state index in [1.165, 1.54) is 12.3 Å². The summed E-state index contributed by atoms with van der Waals surface area (Å²) in [5.74, 6) is 0. The molecule has 0 amide bonds. The van der Waals surface area contributed by atoms with Crippen LogP contribution in [0.1, 0.15) is 17.7 Å². The van der Waals surface area contributed by atoms with Crippen LogP contribution in [-0.2, 0) is 6.67 Å². The van der Waals surface area contributed by atoms with Gasteiger partial charge < -0.3 is 0 Å². The summed E-state index contributed by atoms with van der Waals surface area (Å²) < 4.78 is 36.4. The molecular weight excluding hydrogens is 191 g/mol. The Labute approximate surface area is 72.2 Å². The first-order valence-corrected chi connectivity index (χ1v) is 3.52. The highest BCUT2D eigenvalue weighted by Crippen LogP contribution is 2.29. The molecule has 1 aromatic heterocycles. The summed E-state index contributed by atoms with van der Waals surface area (Å²) in [6.07, 6.45) is -1.58. The van der Waals surface area contributed by atoms with Crippen LogP contribution in [0.3, 0.4) is 0 Å². The SMILES string of the molecule is FCc1nccc(Cl)c1C(F)F. The largest absolute Gasteiger partial charge is 0.267 e. The molecule has 12 heavy (non-hydrogen) atoms. The fourth-order valence-corrected chi connectivity index (χ4v) is 1.07. The standard InChI is InChI=1S/C7H5ClF3N/c8-4-1-2-12-5(3-9)6(4)7(10)11/h1-2,7H,3H2. The smallest absolute Gasteiger partial charge is 0.258 e. The van der Waals surface area contributed by atoms with E-state index in [0.717, 1.165) is 0 Å². The van der Waals surface area contributed by atoms with Crippen molar-refractivity contribution >= 4 is 11.6 Å². The maximum Gasteiger partial charge on any atom is 0.267 e.